The van der Waals surface area contributed by atoms with E-state index in [-0.39, 0.29) is 0 Å². The molecule has 142 valence electrons. The minimum Gasteiger partial charge on any atom is -0.342 e. The first-order valence-electron chi connectivity index (χ1n) is 10.6. The Labute approximate surface area is 151 Å². The maximum atomic E-state index is 11.6. The maximum Gasteiger partial charge on any atom is 0.209 e. The minimum atomic E-state index is 0.481. The lowest BCUT2D eigenvalue weighted by Gasteiger charge is -2.29. The summed E-state index contributed by atoms with van der Waals surface area (Å²) in [6, 6.07) is 0.481. The van der Waals surface area contributed by atoms with E-state index < -0.39 is 0 Å². The minimum absolute atomic E-state index is 0.481. The summed E-state index contributed by atoms with van der Waals surface area (Å²) in [7, 11) is 4.21. The maximum absolute atomic E-state index is 11.6. The summed E-state index contributed by atoms with van der Waals surface area (Å²) in [6.07, 6.45) is 21.2. The number of rotatable bonds is 6. The lowest BCUT2D eigenvalue weighted by atomic mass is 9.99. The van der Waals surface area contributed by atoms with E-state index in [2.05, 4.69) is 23.9 Å². The van der Waals surface area contributed by atoms with Crippen LogP contribution in [0.5, 0.6) is 0 Å². The van der Waals surface area contributed by atoms with Gasteiger partial charge in [-0.05, 0) is 39.9 Å². The van der Waals surface area contributed by atoms with Gasteiger partial charge >= 0.3 is 0 Å². The van der Waals surface area contributed by atoms with E-state index in [9.17, 15) is 4.79 Å². The monoisotopic (exact) mass is 338 g/mol. The average molecular weight is 339 g/mol. The third kappa shape index (κ3) is 11.1. The van der Waals surface area contributed by atoms with Crippen LogP contribution in [0.1, 0.15) is 96.3 Å². The molecule has 0 aromatic rings. The normalized spacial score (nSPS) is 20.3. The molecule has 0 unspecified atom stereocenters. The van der Waals surface area contributed by atoms with Crippen LogP contribution in [-0.4, -0.2) is 49.4 Å². The van der Waals surface area contributed by atoms with Crippen LogP contribution >= 0.6 is 0 Å². The number of carbonyl (C=O) groups is 1. The highest BCUT2D eigenvalue weighted by atomic mass is 16.1. The van der Waals surface area contributed by atoms with Gasteiger partial charge in [0.2, 0.25) is 6.41 Å². The van der Waals surface area contributed by atoms with Gasteiger partial charge in [-0.1, -0.05) is 77.0 Å². The first-order chi connectivity index (χ1) is 11.7. The van der Waals surface area contributed by atoms with Crippen molar-refractivity contribution in [3.8, 4) is 0 Å². The molecule has 3 heteroatoms. The van der Waals surface area contributed by atoms with Crippen LogP contribution in [0.2, 0.25) is 0 Å². The van der Waals surface area contributed by atoms with Crippen LogP contribution in [0.3, 0.4) is 0 Å². The van der Waals surface area contributed by atoms with Gasteiger partial charge in [0.15, 0.2) is 0 Å². The van der Waals surface area contributed by atoms with E-state index in [4.69, 9.17) is 0 Å². The number of carbonyl (C=O) groups excluding carboxylic acids is 1. The molecule has 24 heavy (non-hydrogen) atoms. The number of nitrogens with zero attached hydrogens (tertiary/aromatic N) is 2. The number of hydrogen-bond donors (Lipinski definition) is 0. The molecular formula is C21H42N2O. The van der Waals surface area contributed by atoms with Crippen LogP contribution in [0.4, 0.5) is 0 Å². The second-order valence-electron chi connectivity index (χ2n) is 7.97. The van der Waals surface area contributed by atoms with Crippen molar-refractivity contribution < 1.29 is 4.79 Å². The quantitative estimate of drug-likeness (QED) is 0.618. The third-order valence-corrected chi connectivity index (χ3v) is 5.45. The molecule has 0 bridgehead atoms. The highest BCUT2D eigenvalue weighted by Gasteiger charge is 2.16. The molecule has 1 amide bonds. The molecule has 0 aliphatic heterocycles. The first-order valence-corrected chi connectivity index (χ1v) is 10.6. The number of hydrogen-bond acceptors (Lipinski definition) is 2. The summed E-state index contributed by atoms with van der Waals surface area (Å²) in [6.45, 7) is 1.99. The summed E-state index contributed by atoms with van der Waals surface area (Å²) in [5.41, 5.74) is 0. The lowest BCUT2D eigenvalue weighted by molar-refractivity contribution is -0.120. The molecule has 1 saturated carbocycles. The molecule has 0 N–H and O–H groups in total. The van der Waals surface area contributed by atoms with Crippen molar-refractivity contribution in [3.05, 3.63) is 0 Å². The van der Waals surface area contributed by atoms with Crippen LogP contribution in [0, 0.1) is 0 Å². The SMILES string of the molecule is CN(C)CCCN(C=O)C1CCCCCCCCCCCCCC1. The van der Waals surface area contributed by atoms with E-state index >= 15 is 0 Å². The van der Waals surface area contributed by atoms with Gasteiger partial charge in [0, 0.05) is 12.6 Å². The van der Waals surface area contributed by atoms with E-state index in [1.165, 1.54) is 89.9 Å². The van der Waals surface area contributed by atoms with E-state index in [1.807, 2.05) is 0 Å². The van der Waals surface area contributed by atoms with Crippen LogP contribution in [0.25, 0.3) is 0 Å². The topological polar surface area (TPSA) is 23.6 Å². The Morgan fingerprint density at radius 3 is 1.50 bits per heavy atom. The Morgan fingerprint density at radius 1 is 0.708 bits per heavy atom. The zero-order valence-corrected chi connectivity index (χ0v) is 16.5. The van der Waals surface area contributed by atoms with Gasteiger partial charge in [0.25, 0.3) is 0 Å². The molecule has 0 heterocycles. The second-order valence-corrected chi connectivity index (χ2v) is 7.97. The molecule has 1 aliphatic rings. The Hall–Kier alpha value is -0.570. The molecule has 0 spiro atoms. The van der Waals surface area contributed by atoms with E-state index in [1.54, 1.807) is 0 Å². The molecule has 3 nitrogen and oxygen atoms in total. The Bertz CT molecular complexity index is 278. The van der Waals surface area contributed by atoms with Crippen molar-refractivity contribution in [2.75, 3.05) is 27.2 Å². The van der Waals surface area contributed by atoms with Gasteiger partial charge < -0.3 is 9.80 Å². The fourth-order valence-electron chi connectivity index (χ4n) is 3.89. The Kier molecular flexibility index (Phi) is 13.2. The predicted molar refractivity (Wildman–Crippen MR) is 104 cm³/mol. The highest BCUT2D eigenvalue weighted by Crippen LogP contribution is 2.19. The predicted octanol–water partition coefficient (Wildman–Crippen LogP) is 5.24. The summed E-state index contributed by atoms with van der Waals surface area (Å²) in [4.78, 5) is 15.9. The van der Waals surface area contributed by atoms with Gasteiger partial charge in [-0.25, -0.2) is 0 Å². The molecule has 1 rings (SSSR count). The fraction of sp³-hybridized carbons (Fsp3) is 0.952. The third-order valence-electron chi connectivity index (χ3n) is 5.45. The van der Waals surface area contributed by atoms with Crippen molar-refractivity contribution in [2.24, 2.45) is 0 Å². The second kappa shape index (κ2) is 14.7. The van der Waals surface area contributed by atoms with Crippen molar-refractivity contribution >= 4 is 6.41 Å². The van der Waals surface area contributed by atoms with Gasteiger partial charge in [0.1, 0.15) is 0 Å². The van der Waals surface area contributed by atoms with Gasteiger partial charge in [-0.15, -0.1) is 0 Å². The van der Waals surface area contributed by atoms with Crippen molar-refractivity contribution in [2.45, 2.75) is 102 Å². The first kappa shape index (κ1) is 21.5. The molecule has 0 aromatic heterocycles. The summed E-state index contributed by atoms with van der Waals surface area (Å²) in [5.74, 6) is 0. The molecule has 1 aliphatic carbocycles. The van der Waals surface area contributed by atoms with Crippen molar-refractivity contribution in [3.63, 3.8) is 0 Å². The van der Waals surface area contributed by atoms with Gasteiger partial charge in [-0.3, -0.25) is 4.79 Å². The fourth-order valence-corrected chi connectivity index (χ4v) is 3.89. The van der Waals surface area contributed by atoms with Crippen molar-refractivity contribution in [1.82, 2.24) is 9.80 Å². The smallest absolute Gasteiger partial charge is 0.209 e. The van der Waals surface area contributed by atoms with Crippen molar-refractivity contribution in [1.29, 1.82) is 0 Å². The van der Waals surface area contributed by atoms with Gasteiger partial charge in [0.05, 0.1) is 0 Å². The zero-order chi connectivity index (χ0) is 17.5. The molecule has 0 saturated heterocycles. The summed E-state index contributed by atoms with van der Waals surface area (Å²) < 4.78 is 0. The van der Waals surface area contributed by atoms with Crippen LogP contribution in [0.15, 0.2) is 0 Å². The standard InChI is InChI=1S/C21H42N2O/c1-22(2)18-15-19-23(20-24)21-16-13-11-9-7-5-3-4-6-8-10-12-14-17-21/h20-21H,3-19H2,1-2H3. The molecular weight excluding hydrogens is 296 g/mol. The summed E-state index contributed by atoms with van der Waals surface area (Å²) >= 11 is 0. The number of amides is 1. The summed E-state index contributed by atoms with van der Waals surface area (Å²) in [5, 5.41) is 0. The average Bonchev–Trinajstić information content (AvgIpc) is 2.57. The largest absolute Gasteiger partial charge is 0.342 e. The van der Waals surface area contributed by atoms with E-state index in [0.717, 1.165) is 25.9 Å². The van der Waals surface area contributed by atoms with Crippen LogP contribution in [-0.2, 0) is 4.79 Å². The Balaban J connectivity index is 2.43. The molecule has 0 aromatic carbocycles. The molecule has 1 fully saturated rings. The van der Waals surface area contributed by atoms with Crippen LogP contribution < -0.4 is 0 Å². The Morgan fingerprint density at radius 2 is 1.12 bits per heavy atom. The molecule has 0 atom stereocenters. The highest BCUT2D eigenvalue weighted by molar-refractivity contribution is 5.47. The molecule has 0 radical (unpaired) electrons. The van der Waals surface area contributed by atoms with Gasteiger partial charge in [-0.2, -0.15) is 0 Å². The zero-order valence-electron chi connectivity index (χ0n) is 16.5. The van der Waals surface area contributed by atoms with E-state index in [0.29, 0.717) is 6.04 Å². The lowest BCUT2D eigenvalue weighted by Crippen LogP contribution is -2.36.